The lowest BCUT2D eigenvalue weighted by atomic mass is 9.85. The van der Waals surface area contributed by atoms with Crippen LogP contribution in [0.25, 0.3) is 6.08 Å². The van der Waals surface area contributed by atoms with Gasteiger partial charge in [-0.1, -0.05) is 58.9 Å². The minimum absolute atomic E-state index is 0.00547. The fourth-order valence-corrected chi connectivity index (χ4v) is 3.42. The van der Waals surface area contributed by atoms with E-state index < -0.39 is 0 Å². The van der Waals surface area contributed by atoms with Gasteiger partial charge >= 0.3 is 0 Å². The van der Waals surface area contributed by atoms with E-state index in [2.05, 4.69) is 57.9 Å². The number of nitrogens with zero attached hydrogens (tertiary/aromatic N) is 3. The summed E-state index contributed by atoms with van der Waals surface area (Å²) in [6, 6.07) is 3.87. The topological polar surface area (TPSA) is 86.1 Å². The second-order valence-corrected chi connectivity index (χ2v) is 13.4. The Morgan fingerprint density at radius 3 is 2.18 bits per heavy atom. The normalized spacial score (nSPS) is 13.3. The fourth-order valence-electron chi connectivity index (χ4n) is 3.42. The van der Waals surface area contributed by atoms with E-state index >= 15 is 0 Å². The van der Waals surface area contributed by atoms with Gasteiger partial charge in [-0.3, -0.25) is 0 Å². The first-order chi connectivity index (χ1) is 17.9. The van der Waals surface area contributed by atoms with Crippen LogP contribution in [0, 0.1) is 5.41 Å². The molecule has 0 N–H and O–H groups in total. The van der Waals surface area contributed by atoms with E-state index in [-0.39, 0.29) is 28.8 Å². The summed E-state index contributed by atoms with van der Waals surface area (Å²) in [5.74, 6) is 1.30. The van der Waals surface area contributed by atoms with Crippen molar-refractivity contribution in [3.8, 4) is 11.5 Å². The SMILES string of the molecule is COc1cc(/C=C/C(C)(C)C)c(OOOCn2cc(COC(C)(C)CCOC(C)(C)C)nn2)cc1C(C)(C)C. The van der Waals surface area contributed by atoms with Crippen LogP contribution in [0.5, 0.6) is 11.5 Å². The summed E-state index contributed by atoms with van der Waals surface area (Å²) in [4.78, 5) is 10.9. The van der Waals surface area contributed by atoms with E-state index in [1.165, 1.54) is 4.68 Å². The zero-order valence-corrected chi connectivity index (χ0v) is 26.0. The minimum Gasteiger partial charge on any atom is -0.496 e. The molecule has 1 aromatic heterocycles. The van der Waals surface area contributed by atoms with Crippen LogP contribution in [0.2, 0.25) is 0 Å². The van der Waals surface area contributed by atoms with Crippen LogP contribution in [-0.4, -0.2) is 39.9 Å². The van der Waals surface area contributed by atoms with Gasteiger partial charge in [0.15, 0.2) is 12.5 Å². The smallest absolute Gasteiger partial charge is 0.179 e. The number of rotatable bonds is 13. The van der Waals surface area contributed by atoms with Gasteiger partial charge in [0.1, 0.15) is 11.4 Å². The number of benzene rings is 1. The molecule has 1 heterocycles. The monoisotopic (exact) mass is 547 g/mol. The maximum atomic E-state index is 6.04. The molecular weight excluding hydrogens is 498 g/mol. The molecule has 0 spiro atoms. The number of allylic oxidation sites excluding steroid dienone is 1. The van der Waals surface area contributed by atoms with Crippen LogP contribution in [0.15, 0.2) is 24.4 Å². The molecule has 0 aliphatic heterocycles. The zero-order chi connectivity index (χ0) is 29.5. The van der Waals surface area contributed by atoms with Crippen LogP contribution in [-0.2, 0) is 38.2 Å². The molecule has 9 nitrogen and oxygen atoms in total. The second kappa shape index (κ2) is 13.3. The number of methoxy groups -OCH3 is 1. The van der Waals surface area contributed by atoms with Crippen LogP contribution in [0.4, 0.5) is 0 Å². The van der Waals surface area contributed by atoms with Crippen molar-refractivity contribution in [2.75, 3.05) is 13.7 Å². The Balaban J connectivity index is 1.97. The van der Waals surface area contributed by atoms with Crippen molar-refractivity contribution in [3.63, 3.8) is 0 Å². The van der Waals surface area contributed by atoms with Gasteiger partial charge in [0, 0.05) is 17.7 Å². The first-order valence-electron chi connectivity index (χ1n) is 13.4. The van der Waals surface area contributed by atoms with E-state index in [0.29, 0.717) is 24.7 Å². The van der Waals surface area contributed by atoms with Crippen LogP contribution < -0.4 is 9.62 Å². The molecule has 0 aliphatic carbocycles. The molecule has 220 valence electrons. The van der Waals surface area contributed by atoms with Crippen LogP contribution >= 0.6 is 0 Å². The number of ether oxygens (including phenoxy) is 3. The van der Waals surface area contributed by atoms with Crippen LogP contribution in [0.1, 0.15) is 99.4 Å². The zero-order valence-electron chi connectivity index (χ0n) is 26.0. The fraction of sp³-hybridized carbons (Fsp3) is 0.667. The molecule has 0 saturated carbocycles. The molecular formula is C30H49N3O6. The van der Waals surface area contributed by atoms with Gasteiger partial charge in [0.2, 0.25) is 0 Å². The number of hydrogen-bond acceptors (Lipinski definition) is 8. The van der Waals surface area contributed by atoms with Crippen molar-refractivity contribution < 1.29 is 29.0 Å². The summed E-state index contributed by atoms with van der Waals surface area (Å²) in [6.45, 7) is 23.9. The van der Waals surface area contributed by atoms with E-state index in [0.717, 1.165) is 23.3 Å². The van der Waals surface area contributed by atoms with Crippen molar-refractivity contribution in [2.45, 2.75) is 113 Å². The quantitative estimate of drug-likeness (QED) is 0.150. The predicted molar refractivity (Wildman–Crippen MR) is 152 cm³/mol. The van der Waals surface area contributed by atoms with Gasteiger partial charge in [0.25, 0.3) is 0 Å². The largest absolute Gasteiger partial charge is 0.496 e. The van der Waals surface area contributed by atoms with Gasteiger partial charge in [-0.2, -0.15) is 4.89 Å². The van der Waals surface area contributed by atoms with Crippen molar-refractivity contribution in [1.82, 2.24) is 15.0 Å². The summed E-state index contributed by atoms with van der Waals surface area (Å²) in [5, 5.41) is 13.3. The van der Waals surface area contributed by atoms with Gasteiger partial charge in [-0.15, -0.1) is 5.10 Å². The van der Waals surface area contributed by atoms with E-state index in [9.17, 15) is 0 Å². The molecule has 1 aromatic carbocycles. The highest BCUT2D eigenvalue weighted by atomic mass is 17.5. The summed E-state index contributed by atoms with van der Waals surface area (Å²) in [7, 11) is 1.67. The van der Waals surface area contributed by atoms with Gasteiger partial charge in [-0.25, -0.2) is 4.68 Å². The highest BCUT2D eigenvalue weighted by Gasteiger charge is 2.23. The third-order valence-corrected chi connectivity index (χ3v) is 5.70. The molecule has 2 rings (SSSR count). The van der Waals surface area contributed by atoms with Crippen molar-refractivity contribution >= 4 is 6.08 Å². The average molecular weight is 548 g/mol. The van der Waals surface area contributed by atoms with Gasteiger partial charge < -0.3 is 19.1 Å². The Kier molecular flexibility index (Phi) is 11.1. The molecule has 0 atom stereocenters. The third-order valence-electron chi connectivity index (χ3n) is 5.70. The Morgan fingerprint density at radius 1 is 0.897 bits per heavy atom. The number of aromatic nitrogens is 3. The lowest BCUT2D eigenvalue weighted by Crippen LogP contribution is -2.29. The van der Waals surface area contributed by atoms with Crippen molar-refractivity contribution in [3.05, 3.63) is 41.2 Å². The molecule has 0 saturated heterocycles. The Hall–Kier alpha value is -2.46. The first kappa shape index (κ1) is 32.8. The lowest BCUT2D eigenvalue weighted by molar-refractivity contribution is -0.479. The van der Waals surface area contributed by atoms with Gasteiger partial charge in [-0.05, 0) is 69.0 Å². The van der Waals surface area contributed by atoms with E-state index in [1.807, 2.05) is 52.8 Å². The molecule has 0 unspecified atom stereocenters. The van der Waals surface area contributed by atoms with E-state index in [4.69, 9.17) is 29.0 Å². The molecule has 2 aromatic rings. The Morgan fingerprint density at radius 2 is 1.59 bits per heavy atom. The standard InChI is InChI=1S/C30H49N3O6/c1-27(2,3)14-13-22-17-26(34-12)24(28(4,5)6)18-25(22)38-39-37-21-33-19-23(31-32-33)20-36-30(10,11)15-16-35-29(7,8)9/h13-14,17-19H,15-16,20-21H2,1-12H3/b14-13+. The lowest BCUT2D eigenvalue weighted by Gasteiger charge is -2.27. The molecule has 0 amide bonds. The third kappa shape index (κ3) is 12.1. The molecule has 9 heteroatoms. The molecule has 0 bridgehead atoms. The molecule has 39 heavy (non-hydrogen) atoms. The Bertz CT molecular complexity index is 1070. The summed E-state index contributed by atoms with van der Waals surface area (Å²) in [5.41, 5.74) is 1.80. The number of hydrogen-bond donors (Lipinski definition) is 0. The maximum Gasteiger partial charge on any atom is 0.179 e. The molecule has 0 radical (unpaired) electrons. The summed E-state index contributed by atoms with van der Waals surface area (Å²) in [6.07, 6.45) is 6.61. The highest BCUT2D eigenvalue weighted by molar-refractivity contribution is 5.63. The first-order valence-corrected chi connectivity index (χ1v) is 13.4. The van der Waals surface area contributed by atoms with Crippen molar-refractivity contribution in [2.24, 2.45) is 5.41 Å². The van der Waals surface area contributed by atoms with Crippen molar-refractivity contribution in [1.29, 1.82) is 0 Å². The minimum atomic E-state index is -0.355. The molecule has 0 fully saturated rings. The highest BCUT2D eigenvalue weighted by Crippen LogP contribution is 2.38. The Labute approximate surface area is 234 Å². The summed E-state index contributed by atoms with van der Waals surface area (Å²) < 4.78 is 19.0. The van der Waals surface area contributed by atoms with Crippen LogP contribution in [0.3, 0.4) is 0 Å². The summed E-state index contributed by atoms with van der Waals surface area (Å²) >= 11 is 0. The second-order valence-electron chi connectivity index (χ2n) is 13.4. The van der Waals surface area contributed by atoms with E-state index in [1.54, 1.807) is 13.3 Å². The average Bonchev–Trinajstić information content (AvgIpc) is 3.25. The molecule has 0 aliphatic rings. The van der Waals surface area contributed by atoms with Gasteiger partial charge in [0.05, 0.1) is 31.1 Å². The maximum absolute atomic E-state index is 6.04. The predicted octanol–water partition coefficient (Wildman–Crippen LogP) is 7.04.